The van der Waals surface area contributed by atoms with Gasteiger partial charge in [0.1, 0.15) is 11.9 Å². The highest BCUT2D eigenvalue weighted by atomic mass is 19.3. The number of alkyl halides is 2. The van der Waals surface area contributed by atoms with E-state index in [9.17, 15) is 18.6 Å². The second-order valence-electron chi connectivity index (χ2n) is 6.88. The van der Waals surface area contributed by atoms with E-state index in [0.717, 1.165) is 0 Å². The van der Waals surface area contributed by atoms with Crippen molar-refractivity contribution in [1.82, 2.24) is 10.2 Å². The topological polar surface area (TPSA) is 108 Å². The highest BCUT2D eigenvalue weighted by Crippen LogP contribution is 2.41. The molecule has 1 saturated carbocycles. The number of carbonyl (C=O) groups is 1. The number of nitrogens with two attached hydrogens (primary N) is 1. The van der Waals surface area contributed by atoms with E-state index in [0.29, 0.717) is 38.9 Å². The zero-order valence-corrected chi connectivity index (χ0v) is 15.1. The number of anilines is 1. The summed E-state index contributed by atoms with van der Waals surface area (Å²) < 4.78 is 36.7. The molecule has 0 unspecified atom stereocenters. The Morgan fingerprint density at radius 2 is 2.03 bits per heavy atom. The molecule has 0 atom stereocenters. The van der Waals surface area contributed by atoms with E-state index in [1.165, 1.54) is 12.3 Å². The summed E-state index contributed by atoms with van der Waals surface area (Å²) in [7, 11) is -1.47. The summed E-state index contributed by atoms with van der Waals surface area (Å²) in [6.45, 7) is 0.138. The van der Waals surface area contributed by atoms with Crippen molar-refractivity contribution < 1.29 is 28.0 Å². The maximum Gasteiger partial charge on any atom is 0.561 e. The van der Waals surface area contributed by atoms with Crippen LogP contribution in [0.25, 0.3) is 22.0 Å². The molecule has 29 heavy (non-hydrogen) atoms. The average Bonchev–Trinajstić information content (AvgIpc) is 2.67. The van der Waals surface area contributed by atoms with E-state index in [2.05, 4.69) is 14.9 Å². The van der Waals surface area contributed by atoms with Gasteiger partial charge in [-0.05, 0) is 35.3 Å². The second kappa shape index (κ2) is 7.29. The molecule has 7 nitrogen and oxygen atoms in total. The summed E-state index contributed by atoms with van der Waals surface area (Å²) in [5.41, 5.74) is 8.40. The first-order valence-corrected chi connectivity index (χ1v) is 8.83. The summed E-state index contributed by atoms with van der Waals surface area (Å²) >= 11 is 0. The minimum Gasteiger partial charge on any atom is -0.508 e. The van der Waals surface area contributed by atoms with Gasteiger partial charge in [-0.1, -0.05) is 12.1 Å². The predicted octanol–water partition coefficient (Wildman–Crippen LogP) is 1.92. The Balaban J connectivity index is 1.75. The van der Waals surface area contributed by atoms with Gasteiger partial charge in [-0.2, -0.15) is 10.2 Å². The Bertz CT molecular complexity index is 1070. The Kier molecular flexibility index (Phi) is 4.79. The Hall–Kier alpha value is -3.27. The van der Waals surface area contributed by atoms with Gasteiger partial charge >= 0.3 is 7.12 Å². The smallest absolute Gasteiger partial charge is 0.508 e. The van der Waals surface area contributed by atoms with E-state index in [4.69, 9.17) is 10.5 Å². The first kappa shape index (κ1) is 19.1. The lowest BCUT2D eigenvalue weighted by molar-refractivity contribution is -0.134. The summed E-state index contributed by atoms with van der Waals surface area (Å²) in [5, 5.41) is 18.6. The average molecular weight is 399 g/mol. The largest absolute Gasteiger partial charge is 0.561 e. The van der Waals surface area contributed by atoms with E-state index in [1.54, 1.807) is 30.3 Å². The number of nitrogen functional groups attached to an aromatic ring is 1. The number of nitrogens with zero attached hydrogens (tertiary/aromatic N) is 2. The molecule has 4 rings (SSSR count). The van der Waals surface area contributed by atoms with Crippen LogP contribution in [-0.2, 0) is 9.45 Å². The number of halogens is 2. The minimum absolute atomic E-state index is 0.138. The normalized spacial score (nSPS) is 15.6. The van der Waals surface area contributed by atoms with Crippen LogP contribution >= 0.6 is 0 Å². The Labute approximate surface area is 164 Å². The first-order valence-electron chi connectivity index (χ1n) is 8.83. The molecule has 0 saturated heterocycles. The minimum atomic E-state index is -2.71. The number of aromatic nitrogens is 2. The van der Waals surface area contributed by atoms with Crippen LogP contribution in [0.3, 0.4) is 0 Å². The standard InChI is InChI=1S/C19H16BF2N3O4/c21-19(22)7-13(8-19)29-18-4-2-12(20(27)28-10-26)6-15(18)11-1-3-14-16(23)9-24-25-17(14)5-11/h1-6,9-10,13,27H,7-8H2,(H2,23,25). The van der Waals surface area contributed by atoms with E-state index >= 15 is 0 Å². The summed E-state index contributed by atoms with van der Waals surface area (Å²) in [6, 6.07) is 9.89. The molecule has 1 aromatic heterocycles. The zero-order valence-electron chi connectivity index (χ0n) is 15.1. The molecular formula is C19H16BF2N3O4. The molecule has 2 aromatic carbocycles. The fourth-order valence-corrected chi connectivity index (χ4v) is 3.28. The summed E-state index contributed by atoms with van der Waals surface area (Å²) in [6.07, 6.45) is 0.123. The number of hydrogen-bond acceptors (Lipinski definition) is 7. The van der Waals surface area contributed by atoms with Crippen molar-refractivity contribution in [1.29, 1.82) is 0 Å². The summed E-state index contributed by atoms with van der Waals surface area (Å²) in [5.74, 6) is -2.35. The second-order valence-corrected chi connectivity index (χ2v) is 6.88. The molecule has 0 bridgehead atoms. The van der Waals surface area contributed by atoms with Gasteiger partial charge in [0.25, 0.3) is 12.4 Å². The van der Waals surface area contributed by atoms with Crippen LogP contribution < -0.4 is 15.9 Å². The third kappa shape index (κ3) is 3.84. The van der Waals surface area contributed by atoms with Crippen molar-refractivity contribution in [2.24, 2.45) is 0 Å². The molecule has 148 valence electrons. The monoisotopic (exact) mass is 399 g/mol. The molecule has 10 heteroatoms. The molecule has 3 N–H and O–H groups in total. The number of benzene rings is 2. The number of hydrogen-bond donors (Lipinski definition) is 2. The third-order valence-electron chi connectivity index (χ3n) is 4.80. The highest BCUT2D eigenvalue weighted by Gasteiger charge is 2.47. The quantitative estimate of drug-likeness (QED) is 0.482. The fraction of sp³-hybridized carbons (Fsp3) is 0.211. The van der Waals surface area contributed by atoms with Gasteiger partial charge in [0.2, 0.25) is 0 Å². The maximum absolute atomic E-state index is 13.2. The van der Waals surface area contributed by atoms with Gasteiger partial charge < -0.3 is 20.1 Å². The molecule has 1 aliphatic rings. The lowest BCUT2D eigenvalue weighted by Crippen LogP contribution is -2.43. The van der Waals surface area contributed by atoms with Gasteiger partial charge in [-0.3, -0.25) is 4.79 Å². The van der Waals surface area contributed by atoms with Crippen molar-refractivity contribution in [3.8, 4) is 16.9 Å². The molecular weight excluding hydrogens is 383 g/mol. The Morgan fingerprint density at radius 1 is 1.24 bits per heavy atom. The summed E-state index contributed by atoms with van der Waals surface area (Å²) in [4.78, 5) is 10.5. The van der Waals surface area contributed by atoms with E-state index in [1.807, 2.05) is 0 Å². The van der Waals surface area contributed by atoms with Crippen molar-refractivity contribution in [2.75, 3.05) is 5.73 Å². The van der Waals surface area contributed by atoms with Gasteiger partial charge in [0, 0.05) is 23.8 Å². The Morgan fingerprint density at radius 3 is 2.76 bits per heavy atom. The van der Waals surface area contributed by atoms with Crippen molar-refractivity contribution >= 4 is 35.6 Å². The maximum atomic E-state index is 13.2. The van der Waals surface area contributed by atoms with E-state index < -0.39 is 19.1 Å². The van der Waals surface area contributed by atoms with Crippen molar-refractivity contribution in [3.05, 3.63) is 42.6 Å². The highest BCUT2D eigenvalue weighted by molar-refractivity contribution is 6.61. The number of rotatable bonds is 6. The van der Waals surface area contributed by atoms with Gasteiger partial charge in [0.05, 0.1) is 17.4 Å². The molecule has 0 amide bonds. The van der Waals surface area contributed by atoms with Crippen LogP contribution in [0.2, 0.25) is 0 Å². The van der Waals surface area contributed by atoms with Crippen molar-refractivity contribution in [2.45, 2.75) is 24.9 Å². The fourth-order valence-electron chi connectivity index (χ4n) is 3.28. The molecule has 3 aromatic rings. The number of carbonyl (C=O) groups excluding carboxylic acids is 1. The van der Waals surface area contributed by atoms with Crippen LogP contribution in [0.1, 0.15) is 12.8 Å². The predicted molar refractivity (Wildman–Crippen MR) is 103 cm³/mol. The van der Waals surface area contributed by atoms with Crippen molar-refractivity contribution in [3.63, 3.8) is 0 Å². The van der Waals surface area contributed by atoms with Gasteiger partial charge in [-0.25, -0.2) is 8.78 Å². The van der Waals surface area contributed by atoms with Gasteiger partial charge in [0.15, 0.2) is 0 Å². The molecule has 1 fully saturated rings. The molecule has 1 aliphatic carbocycles. The molecule has 0 spiro atoms. The van der Waals surface area contributed by atoms with E-state index in [-0.39, 0.29) is 19.3 Å². The molecule has 0 aliphatic heterocycles. The first-order chi connectivity index (χ1) is 13.9. The van der Waals surface area contributed by atoms with Gasteiger partial charge in [-0.15, -0.1) is 0 Å². The lowest BCUT2D eigenvalue weighted by atomic mass is 9.78. The van der Waals surface area contributed by atoms with Crippen LogP contribution in [0.5, 0.6) is 5.75 Å². The lowest BCUT2D eigenvalue weighted by Gasteiger charge is -2.35. The number of fused-ring (bicyclic) bond motifs is 1. The van der Waals surface area contributed by atoms with Crippen LogP contribution in [-0.4, -0.2) is 40.8 Å². The van der Waals surface area contributed by atoms with Crippen LogP contribution in [0.4, 0.5) is 14.5 Å². The zero-order chi connectivity index (χ0) is 20.6. The molecule has 1 heterocycles. The SMILES string of the molecule is Nc1cnnc2cc(-c3cc(B(O)OC=O)ccc3OC3CC(F)(F)C3)ccc12. The van der Waals surface area contributed by atoms with Crippen LogP contribution in [0, 0.1) is 0 Å². The van der Waals surface area contributed by atoms with Crippen LogP contribution in [0.15, 0.2) is 42.6 Å². The molecule has 0 radical (unpaired) electrons. The third-order valence-corrected chi connectivity index (χ3v) is 4.80. The number of ether oxygens (including phenoxy) is 1.